The summed E-state index contributed by atoms with van der Waals surface area (Å²) in [6.45, 7) is 3.28. The molecule has 0 aromatic carbocycles. The SMILES string of the molecule is CCCCn1nnnc1Cn1cc(CO)nn1. The van der Waals surface area contributed by atoms with E-state index in [1.165, 1.54) is 0 Å². The second-order valence-corrected chi connectivity index (χ2v) is 3.74. The highest BCUT2D eigenvalue weighted by Gasteiger charge is 2.07. The number of unbranched alkanes of at least 4 members (excludes halogenated alkanes) is 1. The van der Waals surface area contributed by atoms with Gasteiger partial charge in [0.25, 0.3) is 0 Å². The summed E-state index contributed by atoms with van der Waals surface area (Å²) in [5.41, 5.74) is 0.539. The van der Waals surface area contributed by atoms with Crippen molar-refractivity contribution in [3.8, 4) is 0 Å². The molecule has 2 aromatic heterocycles. The minimum absolute atomic E-state index is 0.110. The van der Waals surface area contributed by atoms with Gasteiger partial charge in [0, 0.05) is 6.54 Å². The topological polar surface area (TPSA) is 94.5 Å². The molecular weight excluding hydrogens is 222 g/mol. The predicted molar refractivity (Wildman–Crippen MR) is 57.8 cm³/mol. The van der Waals surface area contributed by atoms with Crippen LogP contribution in [0.4, 0.5) is 0 Å². The fourth-order valence-electron chi connectivity index (χ4n) is 1.45. The largest absolute Gasteiger partial charge is 0.390 e. The van der Waals surface area contributed by atoms with Crippen molar-refractivity contribution in [2.45, 2.75) is 39.5 Å². The molecule has 0 fully saturated rings. The molecule has 0 aliphatic carbocycles. The van der Waals surface area contributed by atoms with Gasteiger partial charge in [0.15, 0.2) is 5.82 Å². The van der Waals surface area contributed by atoms with Crippen LogP contribution in [-0.4, -0.2) is 40.3 Å². The molecule has 0 amide bonds. The summed E-state index contributed by atoms with van der Waals surface area (Å²) in [6.07, 6.45) is 3.81. The highest BCUT2D eigenvalue weighted by Crippen LogP contribution is 2.00. The van der Waals surface area contributed by atoms with Gasteiger partial charge in [0.05, 0.1) is 12.8 Å². The number of nitrogens with zero attached hydrogens (tertiary/aromatic N) is 7. The first kappa shape index (κ1) is 11.6. The molecule has 2 heterocycles. The molecule has 0 atom stereocenters. The van der Waals surface area contributed by atoms with Crippen molar-refractivity contribution >= 4 is 0 Å². The minimum Gasteiger partial charge on any atom is -0.390 e. The first-order chi connectivity index (χ1) is 8.33. The van der Waals surface area contributed by atoms with Crippen LogP contribution in [-0.2, 0) is 19.7 Å². The fraction of sp³-hybridized carbons (Fsp3) is 0.667. The predicted octanol–water partition coefficient (Wildman–Crippen LogP) is -0.395. The van der Waals surface area contributed by atoms with Crippen LogP contribution in [0.15, 0.2) is 6.20 Å². The quantitative estimate of drug-likeness (QED) is 0.735. The molecule has 0 spiro atoms. The third kappa shape index (κ3) is 2.84. The lowest BCUT2D eigenvalue weighted by atomic mass is 10.3. The molecule has 8 nitrogen and oxygen atoms in total. The Hall–Kier alpha value is -1.83. The highest BCUT2D eigenvalue weighted by molar-refractivity contribution is 4.91. The maximum Gasteiger partial charge on any atom is 0.172 e. The molecule has 17 heavy (non-hydrogen) atoms. The molecule has 8 heteroatoms. The fourth-order valence-corrected chi connectivity index (χ4v) is 1.45. The van der Waals surface area contributed by atoms with Gasteiger partial charge in [0.2, 0.25) is 0 Å². The number of aryl methyl sites for hydroxylation is 1. The van der Waals surface area contributed by atoms with E-state index in [2.05, 4.69) is 32.8 Å². The summed E-state index contributed by atoms with van der Waals surface area (Å²) in [4.78, 5) is 0. The van der Waals surface area contributed by atoms with E-state index < -0.39 is 0 Å². The van der Waals surface area contributed by atoms with Gasteiger partial charge in [-0.15, -0.1) is 10.2 Å². The molecular formula is C9H15N7O. The van der Waals surface area contributed by atoms with Crippen LogP contribution in [0.2, 0.25) is 0 Å². The summed E-state index contributed by atoms with van der Waals surface area (Å²) in [5, 5.41) is 28.1. The van der Waals surface area contributed by atoms with Gasteiger partial charge in [-0.3, -0.25) is 0 Å². The van der Waals surface area contributed by atoms with Crippen LogP contribution < -0.4 is 0 Å². The molecule has 0 bridgehead atoms. The summed E-state index contributed by atoms with van der Waals surface area (Å²) in [5.74, 6) is 0.743. The first-order valence-electron chi connectivity index (χ1n) is 5.58. The van der Waals surface area contributed by atoms with Crippen LogP contribution in [0.25, 0.3) is 0 Å². The molecule has 92 valence electrons. The second-order valence-electron chi connectivity index (χ2n) is 3.74. The molecule has 2 rings (SSSR count). The zero-order chi connectivity index (χ0) is 12.1. The summed E-state index contributed by atoms with van der Waals surface area (Å²) >= 11 is 0. The van der Waals surface area contributed by atoms with Crippen LogP contribution in [0.3, 0.4) is 0 Å². The maximum absolute atomic E-state index is 8.89. The average Bonchev–Trinajstić information content (AvgIpc) is 2.96. The van der Waals surface area contributed by atoms with E-state index in [0.717, 1.165) is 25.2 Å². The minimum atomic E-state index is -0.110. The molecule has 0 saturated carbocycles. The van der Waals surface area contributed by atoms with Crippen LogP contribution in [0.1, 0.15) is 31.3 Å². The van der Waals surface area contributed by atoms with Crippen LogP contribution >= 0.6 is 0 Å². The van der Waals surface area contributed by atoms with Gasteiger partial charge >= 0.3 is 0 Å². The van der Waals surface area contributed by atoms with Gasteiger partial charge in [-0.25, -0.2) is 9.36 Å². The van der Waals surface area contributed by atoms with E-state index >= 15 is 0 Å². The lowest BCUT2D eigenvalue weighted by Gasteiger charge is -2.02. The van der Waals surface area contributed by atoms with Gasteiger partial charge in [-0.05, 0) is 16.8 Å². The third-order valence-corrected chi connectivity index (χ3v) is 2.38. The summed E-state index contributed by atoms with van der Waals surface area (Å²) < 4.78 is 3.38. The van der Waals surface area contributed by atoms with Gasteiger partial charge in [-0.1, -0.05) is 18.6 Å². The average molecular weight is 237 g/mol. The number of aliphatic hydroxyl groups excluding tert-OH is 1. The third-order valence-electron chi connectivity index (χ3n) is 2.38. The number of aliphatic hydroxyl groups is 1. The van der Waals surface area contributed by atoms with Crippen LogP contribution in [0, 0.1) is 0 Å². The van der Waals surface area contributed by atoms with E-state index in [1.807, 2.05) is 0 Å². The van der Waals surface area contributed by atoms with Crippen molar-refractivity contribution < 1.29 is 5.11 Å². The lowest BCUT2D eigenvalue weighted by molar-refractivity contribution is 0.276. The molecule has 2 aromatic rings. The molecule has 1 N–H and O–H groups in total. The normalized spacial score (nSPS) is 10.9. The zero-order valence-corrected chi connectivity index (χ0v) is 9.69. The molecule has 0 aliphatic heterocycles. The Morgan fingerprint density at radius 1 is 1.29 bits per heavy atom. The number of aromatic nitrogens is 7. The number of hydrogen-bond donors (Lipinski definition) is 1. The van der Waals surface area contributed by atoms with E-state index in [9.17, 15) is 0 Å². The molecule has 0 saturated heterocycles. The smallest absolute Gasteiger partial charge is 0.172 e. The maximum atomic E-state index is 8.89. The van der Waals surface area contributed by atoms with Crippen molar-refractivity contribution in [3.63, 3.8) is 0 Å². The van der Waals surface area contributed by atoms with Gasteiger partial charge < -0.3 is 5.11 Å². The Morgan fingerprint density at radius 2 is 2.18 bits per heavy atom. The Balaban J connectivity index is 2.04. The standard InChI is InChI=1S/C9H15N7O/c1-2-3-4-16-9(11-12-14-16)6-15-5-8(7-17)10-13-15/h5,17H,2-4,6-7H2,1H3. The Labute approximate surface area is 98.3 Å². The summed E-state index contributed by atoms with van der Waals surface area (Å²) in [6, 6.07) is 0. The Morgan fingerprint density at radius 3 is 2.88 bits per heavy atom. The Bertz CT molecular complexity index is 463. The number of hydrogen-bond acceptors (Lipinski definition) is 6. The van der Waals surface area contributed by atoms with Crippen LogP contribution in [0.5, 0.6) is 0 Å². The molecule has 0 unspecified atom stereocenters. The number of rotatable bonds is 6. The monoisotopic (exact) mass is 237 g/mol. The van der Waals surface area contributed by atoms with Gasteiger partial charge in [-0.2, -0.15) is 0 Å². The van der Waals surface area contributed by atoms with Gasteiger partial charge in [0.1, 0.15) is 12.2 Å². The van der Waals surface area contributed by atoms with Crippen molar-refractivity contribution in [2.75, 3.05) is 0 Å². The van der Waals surface area contributed by atoms with Crippen molar-refractivity contribution in [2.24, 2.45) is 0 Å². The molecule has 0 aliphatic rings. The van der Waals surface area contributed by atoms with Crippen molar-refractivity contribution in [3.05, 3.63) is 17.7 Å². The van der Waals surface area contributed by atoms with E-state index in [0.29, 0.717) is 12.2 Å². The van der Waals surface area contributed by atoms with Crippen molar-refractivity contribution in [1.82, 2.24) is 35.2 Å². The van der Waals surface area contributed by atoms with E-state index in [4.69, 9.17) is 5.11 Å². The lowest BCUT2D eigenvalue weighted by Crippen LogP contribution is -2.10. The van der Waals surface area contributed by atoms with E-state index in [-0.39, 0.29) is 6.61 Å². The number of tetrazole rings is 1. The summed E-state index contributed by atoms with van der Waals surface area (Å²) in [7, 11) is 0. The van der Waals surface area contributed by atoms with E-state index in [1.54, 1.807) is 15.6 Å². The zero-order valence-electron chi connectivity index (χ0n) is 9.69. The second kappa shape index (κ2) is 5.48. The van der Waals surface area contributed by atoms with Crippen molar-refractivity contribution in [1.29, 1.82) is 0 Å². The molecule has 0 radical (unpaired) electrons. The first-order valence-corrected chi connectivity index (χ1v) is 5.58. The Kier molecular flexibility index (Phi) is 3.76. The highest BCUT2D eigenvalue weighted by atomic mass is 16.3.